The van der Waals surface area contributed by atoms with Gasteiger partial charge in [-0.15, -0.1) is 11.3 Å². The molecule has 1 saturated heterocycles. The van der Waals surface area contributed by atoms with Crippen LogP contribution < -0.4 is 4.90 Å². The van der Waals surface area contributed by atoms with Crippen LogP contribution in [0.3, 0.4) is 0 Å². The summed E-state index contributed by atoms with van der Waals surface area (Å²) in [7, 11) is 0. The topological polar surface area (TPSA) is 38.2 Å². The lowest BCUT2D eigenvalue weighted by Crippen LogP contribution is -2.39. The Morgan fingerprint density at radius 1 is 1.19 bits per heavy atom. The lowest BCUT2D eigenvalue weighted by molar-refractivity contribution is -0.137. The molecule has 1 aliphatic rings. The molecular formula is C18H16F3N3OS. The fraction of sp³-hybridized carbons (Fsp3) is 0.333. The maximum Gasteiger partial charge on any atom is 0.416 e. The smallest absolute Gasteiger partial charge is 0.370 e. The van der Waals surface area contributed by atoms with Crippen molar-refractivity contribution in [3.63, 3.8) is 0 Å². The molecule has 1 fully saturated rings. The van der Waals surface area contributed by atoms with Gasteiger partial charge in [0, 0.05) is 18.0 Å². The Hall–Kier alpha value is -2.19. The molecule has 0 bridgehead atoms. The molecule has 0 spiro atoms. The van der Waals surface area contributed by atoms with E-state index >= 15 is 0 Å². The predicted molar refractivity (Wildman–Crippen MR) is 94.5 cm³/mol. The fourth-order valence-electron chi connectivity index (χ4n) is 3.15. The Morgan fingerprint density at radius 3 is 2.69 bits per heavy atom. The maximum atomic E-state index is 12.7. The summed E-state index contributed by atoms with van der Waals surface area (Å²) in [6.45, 7) is 3.73. The number of anilines is 1. The third-order valence-corrected chi connectivity index (χ3v) is 5.37. The number of fused-ring (bicyclic) bond motifs is 1. The minimum Gasteiger partial charge on any atom is -0.370 e. The Morgan fingerprint density at radius 2 is 1.96 bits per heavy atom. The largest absolute Gasteiger partial charge is 0.416 e. The summed E-state index contributed by atoms with van der Waals surface area (Å²) < 4.78 is 44.0. The highest BCUT2D eigenvalue weighted by Crippen LogP contribution is 2.34. The summed E-state index contributed by atoms with van der Waals surface area (Å²) in [5.41, 5.74) is 0.0784. The zero-order chi connectivity index (χ0) is 18.3. The number of alkyl halides is 3. The number of aromatic nitrogens is 2. The zero-order valence-electron chi connectivity index (χ0n) is 14.0. The van der Waals surface area contributed by atoms with Crippen molar-refractivity contribution in [2.45, 2.75) is 19.2 Å². The van der Waals surface area contributed by atoms with Crippen LogP contribution in [-0.2, 0) is 10.9 Å². The number of benzene rings is 1. The fourth-order valence-corrected chi connectivity index (χ4v) is 3.99. The van der Waals surface area contributed by atoms with E-state index in [1.807, 2.05) is 6.92 Å². The standard InChI is InChI=1S/C18H16F3N3OS/c1-11-8-14-16(22-10-23-17(14)26-11)24-6-7-25-15(9-24)12-2-4-13(5-3-12)18(19,20)21/h2-5,8,10,15H,6-7,9H2,1H3. The molecule has 26 heavy (non-hydrogen) atoms. The van der Waals surface area contributed by atoms with E-state index in [4.69, 9.17) is 4.74 Å². The predicted octanol–water partition coefficient (Wildman–Crippen LogP) is 4.60. The third-order valence-electron chi connectivity index (χ3n) is 4.41. The Balaban J connectivity index is 1.59. The van der Waals surface area contributed by atoms with Crippen molar-refractivity contribution in [1.82, 2.24) is 9.97 Å². The first-order valence-corrected chi connectivity index (χ1v) is 8.98. The first kappa shape index (κ1) is 17.2. The second-order valence-electron chi connectivity index (χ2n) is 6.20. The van der Waals surface area contributed by atoms with Crippen LogP contribution in [0.1, 0.15) is 22.1 Å². The lowest BCUT2D eigenvalue weighted by Gasteiger charge is -2.34. The van der Waals surface area contributed by atoms with Gasteiger partial charge in [-0.1, -0.05) is 12.1 Å². The molecule has 1 unspecified atom stereocenters. The second kappa shape index (κ2) is 6.51. The van der Waals surface area contributed by atoms with Crippen molar-refractivity contribution in [1.29, 1.82) is 0 Å². The molecule has 3 heterocycles. The second-order valence-corrected chi connectivity index (χ2v) is 7.43. The minimum absolute atomic E-state index is 0.296. The number of morpholine rings is 1. The summed E-state index contributed by atoms with van der Waals surface area (Å²) in [6, 6.07) is 7.24. The highest BCUT2D eigenvalue weighted by atomic mass is 32.1. The average Bonchev–Trinajstić information content (AvgIpc) is 3.01. The van der Waals surface area contributed by atoms with Crippen molar-refractivity contribution in [2.75, 3.05) is 24.6 Å². The number of aryl methyl sites for hydroxylation is 1. The molecular weight excluding hydrogens is 363 g/mol. The van der Waals surface area contributed by atoms with Crippen LogP contribution in [0.5, 0.6) is 0 Å². The van der Waals surface area contributed by atoms with Crippen molar-refractivity contribution >= 4 is 27.4 Å². The van der Waals surface area contributed by atoms with Gasteiger partial charge in [-0.3, -0.25) is 0 Å². The molecule has 1 aromatic carbocycles. The Kier molecular flexibility index (Phi) is 4.32. The Bertz CT molecular complexity index is 924. The van der Waals surface area contributed by atoms with E-state index in [0.717, 1.165) is 38.6 Å². The molecule has 2 aromatic heterocycles. The maximum absolute atomic E-state index is 12.7. The van der Waals surface area contributed by atoms with Crippen LogP contribution in [0.25, 0.3) is 10.2 Å². The van der Waals surface area contributed by atoms with Crippen LogP contribution in [0.2, 0.25) is 0 Å². The minimum atomic E-state index is -4.33. The van der Waals surface area contributed by atoms with Crippen molar-refractivity contribution in [3.8, 4) is 0 Å². The lowest BCUT2D eigenvalue weighted by atomic mass is 10.0. The number of thiophene rings is 1. The molecule has 8 heteroatoms. The van der Waals surface area contributed by atoms with Gasteiger partial charge in [-0.2, -0.15) is 13.2 Å². The molecule has 4 nitrogen and oxygen atoms in total. The number of nitrogens with zero attached hydrogens (tertiary/aromatic N) is 3. The van der Waals surface area contributed by atoms with Gasteiger partial charge in [0.15, 0.2) is 0 Å². The van der Waals surface area contributed by atoms with Crippen molar-refractivity contribution < 1.29 is 17.9 Å². The highest BCUT2D eigenvalue weighted by molar-refractivity contribution is 7.18. The molecule has 4 rings (SSSR count). The summed E-state index contributed by atoms with van der Waals surface area (Å²) in [5, 5.41) is 1.00. The molecule has 136 valence electrons. The van der Waals surface area contributed by atoms with E-state index in [-0.39, 0.29) is 6.10 Å². The molecule has 0 N–H and O–H groups in total. The molecule has 0 amide bonds. The van der Waals surface area contributed by atoms with Crippen LogP contribution in [0, 0.1) is 6.92 Å². The monoisotopic (exact) mass is 379 g/mol. The Labute approximate surface area is 152 Å². The average molecular weight is 379 g/mol. The number of rotatable bonds is 2. The van der Waals surface area contributed by atoms with Crippen molar-refractivity contribution in [3.05, 3.63) is 52.7 Å². The summed E-state index contributed by atoms with van der Waals surface area (Å²) in [6.07, 6.45) is -3.08. The quantitative estimate of drug-likeness (QED) is 0.652. The number of halogens is 3. The summed E-state index contributed by atoms with van der Waals surface area (Å²) in [5.74, 6) is 0.847. The van der Waals surface area contributed by atoms with Crippen molar-refractivity contribution in [2.24, 2.45) is 0 Å². The van der Waals surface area contributed by atoms with E-state index in [0.29, 0.717) is 19.7 Å². The van der Waals surface area contributed by atoms with Gasteiger partial charge in [0.25, 0.3) is 0 Å². The van der Waals surface area contributed by atoms with Crippen LogP contribution in [0.4, 0.5) is 19.0 Å². The van der Waals surface area contributed by atoms with Gasteiger partial charge in [0.2, 0.25) is 0 Å². The first-order chi connectivity index (χ1) is 12.4. The van der Waals surface area contributed by atoms with E-state index in [1.54, 1.807) is 17.7 Å². The van der Waals surface area contributed by atoms with Gasteiger partial charge < -0.3 is 9.64 Å². The summed E-state index contributed by atoms with van der Waals surface area (Å²) in [4.78, 5) is 13.0. The molecule has 1 atom stereocenters. The van der Waals surface area contributed by atoms with Gasteiger partial charge in [-0.05, 0) is 30.7 Å². The third kappa shape index (κ3) is 3.26. The van der Waals surface area contributed by atoms with Gasteiger partial charge in [0.05, 0.1) is 17.6 Å². The van der Waals surface area contributed by atoms with Crippen LogP contribution in [-0.4, -0.2) is 29.7 Å². The molecule has 3 aromatic rings. The van der Waals surface area contributed by atoms with E-state index in [9.17, 15) is 13.2 Å². The van der Waals surface area contributed by atoms with E-state index in [1.165, 1.54) is 12.1 Å². The first-order valence-electron chi connectivity index (χ1n) is 8.16. The molecule has 0 saturated carbocycles. The van der Waals surface area contributed by atoms with E-state index in [2.05, 4.69) is 20.9 Å². The molecule has 0 aliphatic carbocycles. The summed E-state index contributed by atoms with van der Waals surface area (Å²) >= 11 is 1.62. The highest BCUT2D eigenvalue weighted by Gasteiger charge is 2.31. The van der Waals surface area contributed by atoms with E-state index < -0.39 is 11.7 Å². The SMILES string of the molecule is Cc1cc2c(N3CCOC(c4ccc(C(F)(F)F)cc4)C3)ncnc2s1. The van der Waals surface area contributed by atoms with Crippen LogP contribution >= 0.6 is 11.3 Å². The molecule has 1 aliphatic heterocycles. The normalized spacial score (nSPS) is 18.5. The van der Waals surface area contributed by atoms with Crippen LogP contribution in [0.15, 0.2) is 36.7 Å². The van der Waals surface area contributed by atoms with Gasteiger partial charge >= 0.3 is 6.18 Å². The number of hydrogen-bond acceptors (Lipinski definition) is 5. The number of hydrogen-bond donors (Lipinski definition) is 0. The number of ether oxygens (including phenoxy) is 1. The van der Waals surface area contributed by atoms with Gasteiger partial charge in [0.1, 0.15) is 23.1 Å². The zero-order valence-corrected chi connectivity index (χ0v) is 14.8. The molecule has 0 radical (unpaired) electrons. The van der Waals surface area contributed by atoms with Gasteiger partial charge in [-0.25, -0.2) is 9.97 Å².